The smallest absolute Gasteiger partial charge is 0.322 e. The molecule has 1 unspecified atom stereocenters. The molecule has 1 saturated heterocycles. The van der Waals surface area contributed by atoms with Crippen molar-refractivity contribution in [3.63, 3.8) is 0 Å². The molecular weight excluding hydrogens is 206 g/mol. The highest BCUT2D eigenvalue weighted by Gasteiger charge is 2.32. The van der Waals surface area contributed by atoms with E-state index >= 15 is 0 Å². The van der Waals surface area contributed by atoms with Crippen LogP contribution in [0, 0.1) is 0 Å². The van der Waals surface area contributed by atoms with Crippen LogP contribution in [0.25, 0.3) is 0 Å². The van der Waals surface area contributed by atoms with Crippen molar-refractivity contribution in [3.8, 4) is 0 Å². The van der Waals surface area contributed by atoms with E-state index in [2.05, 4.69) is 15.6 Å². The molecule has 1 aromatic heterocycles. The van der Waals surface area contributed by atoms with Gasteiger partial charge < -0.3 is 5.32 Å². The molecule has 6 heteroatoms. The van der Waals surface area contributed by atoms with Crippen molar-refractivity contribution in [2.24, 2.45) is 0 Å². The zero-order chi connectivity index (χ0) is 10.1. The first-order valence-electron chi connectivity index (χ1n) is 3.89. The Morgan fingerprint density at radius 2 is 2.21 bits per heavy atom. The highest BCUT2D eigenvalue weighted by atomic mass is 35.5. The highest BCUT2D eigenvalue weighted by Crippen LogP contribution is 2.23. The van der Waals surface area contributed by atoms with Crippen LogP contribution in [-0.2, 0) is 4.79 Å². The Kier molecular flexibility index (Phi) is 2.09. The summed E-state index contributed by atoms with van der Waals surface area (Å²) in [4.78, 5) is 25.9. The maximum absolute atomic E-state index is 11.3. The molecule has 3 amide bonds. The maximum atomic E-state index is 11.3. The Hall–Kier alpha value is -1.62. The third kappa shape index (κ3) is 1.42. The number of hydrogen-bond acceptors (Lipinski definition) is 3. The lowest BCUT2D eigenvalue weighted by molar-refractivity contribution is -0.120. The molecule has 1 aromatic rings. The van der Waals surface area contributed by atoms with Crippen LogP contribution in [0.4, 0.5) is 4.79 Å². The van der Waals surface area contributed by atoms with Gasteiger partial charge in [-0.05, 0) is 6.07 Å². The van der Waals surface area contributed by atoms with Gasteiger partial charge in [-0.2, -0.15) is 0 Å². The van der Waals surface area contributed by atoms with Gasteiger partial charge in [-0.3, -0.25) is 15.1 Å². The second kappa shape index (κ2) is 3.26. The first kappa shape index (κ1) is 8.96. The molecular formula is C8H6ClN3O2. The lowest BCUT2D eigenvalue weighted by Crippen LogP contribution is -2.22. The van der Waals surface area contributed by atoms with E-state index in [9.17, 15) is 9.59 Å². The van der Waals surface area contributed by atoms with E-state index in [0.717, 1.165) is 0 Å². The summed E-state index contributed by atoms with van der Waals surface area (Å²) in [5, 5.41) is 4.96. The molecule has 0 aliphatic carbocycles. The average Bonchev–Trinajstić information content (AvgIpc) is 2.46. The van der Waals surface area contributed by atoms with Gasteiger partial charge in [-0.1, -0.05) is 11.6 Å². The largest absolute Gasteiger partial charge is 0.322 e. The molecule has 2 heterocycles. The van der Waals surface area contributed by atoms with Crippen LogP contribution in [-0.4, -0.2) is 16.9 Å². The van der Waals surface area contributed by atoms with E-state index in [1.807, 2.05) is 0 Å². The van der Waals surface area contributed by atoms with E-state index < -0.39 is 18.0 Å². The maximum Gasteiger partial charge on any atom is 0.322 e. The molecule has 2 N–H and O–H groups in total. The predicted molar refractivity (Wildman–Crippen MR) is 48.7 cm³/mol. The highest BCUT2D eigenvalue weighted by molar-refractivity contribution is 6.31. The monoisotopic (exact) mass is 211 g/mol. The quantitative estimate of drug-likeness (QED) is 0.669. The number of rotatable bonds is 1. The summed E-state index contributed by atoms with van der Waals surface area (Å²) in [6, 6.07) is 0.317. The van der Waals surface area contributed by atoms with Gasteiger partial charge in [0.05, 0.1) is 0 Å². The molecule has 0 spiro atoms. The van der Waals surface area contributed by atoms with E-state index in [1.165, 1.54) is 12.4 Å². The summed E-state index contributed by atoms with van der Waals surface area (Å²) in [5.74, 6) is -0.412. The minimum absolute atomic E-state index is 0.405. The van der Waals surface area contributed by atoms with Crippen molar-refractivity contribution in [2.45, 2.75) is 6.04 Å². The minimum Gasteiger partial charge on any atom is -0.322 e. The zero-order valence-corrected chi connectivity index (χ0v) is 7.71. The van der Waals surface area contributed by atoms with Crippen LogP contribution >= 0.6 is 11.6 Å². The molecule has 1 aliphatic rings. The molecule has 0 radical (unpaired) electrons. The van der Waals surface area contributed by atoms with E-state index in [-0.39, 0.29) is 0 Å². The Balaban J connectivity index is 2.36. The van der Waals surface area contributed by atoms with Crippen molar-refractivity contribution < 1.29 is 9.59 Å². The van der Waals surface area contributed by atoms with Crippen molar-refractivity contribution in [3.05, 3.63) is 29.0 Å². The summed E-state index contributed by atoms with van der Waals surface area (Å²) in [7, 11) is 0. The first-order valence-corrected chi connectivity index (χ1v) is 4.27. The van der Waals surface area contributed by atoms with Crippen LogP contribution in [0.5, 0.6) is 0 Å². The Labute approximate surface area is 84.5 Å². The molecule has 14 heavy (non-hydrogen) atoms. The van der Waals surface area contributed by atoms with Crippen LogP contribution < -0.4 is 10.6 Å². The number of carbonyl (C=O) groups excluding carboxylic acids is 2. The van der Waals surface area contributed by atoms with Crippen molar-refractivity contribution >= 4 is 23.5 Å². The number of carbonyl (C=O) groups is 2. The van der Waals surface area contributed by atoms with Gasteiger partial charge in [-0.15, -0.1) is 0 Å². The number of amides is 3. The van der Waals surface area contributed by atoms with E-state index in [1.54, 1.807) is 6.07 Å². The van der Waals surface area contributed by atoms with Crippen LogP contribution in [0.15, 0.2) is 18.5 Å². The number of urea groups is 1. The molecule has 72 valence electrons. The normalized spacial score (nSPS) is 20.5. The fourth-order valence-electron chi connectivity index (χ4n) is 1.24. The lowest BCUT2D eigenvalue weighted by Gasteiger charge is -2.07. The summed E-state index contributed by atoms with van der Waals surface area (Å²) >= 11 is 5.85. The molecule has 1 aliphatic heterocycles. The summed E-state index contributed by atoms with van der Waals surface area (Å²) < 4.78 is 0. The van der Waals surface area contributed by atoms with Crippen LogP contribution in [0.3, 0.4) is 0 Å². The zero-order valence-electron chi connectivity index (χ0n) is 6.95. The Morgan fingerprint density at radius 3 is 2.79 bits per heavy atom. The number of aromatic nitrogens is 1. The fourth-order valence-corrected chi connectivity index (χ4v) is 1.45. The second-order valence-corrected chi connectivity index (χ2v) is 3.20. The lowest BCUT2D eigenvalue weighted by atomic mass is 10.1. The average molecular weight is 212 g/mol. The number of nitrogens with zero attached hydrogens (tertiary/aromatic N) is 1. The van der Waals surface area contributed by atoms with Crippen LogP contribution in [0.1, 0.15) is 11.6 Å². The van der Waals surface area contributed by atoms with Gasteiger partial charge in [0.25, 0.3) is 5.91 Å². The number of hydrogen-bond donors (Lipinski definition) is 2. The number of pyridine rings is 1. The topological polar surface area (TPSA) is 71.1 Å². The van der Waals surface area contributed by atoms with E-state index in [0.29, 0.717) is 10.6 Å². The third-order valence-corrected chi connectivity index (χ3v) is 2.23. The molecule has 2 rings (SSSR count). The second-order valence-electron chi connectivity index (χ2n) is 2.79. The molecule has 0 aromatic carbocycles. The van der Waals surface area contributed by atoms with Gasteiger partial charge in [0, 0.05) is 23.0 Å². The molecule has 0 saturated carbocycles. The van der Waals surface area contributed by atoms with Crippen LogP contribution in [0.2, 0.25) is 5.02 Å². The Morgan fingerprint density at radius 1 is 1.43 bits per heavy atom. The van der Waals surface area contributed by atoms with E-state index in [4.69, 9.17) is 11.6 Å². The molecule has 5 nitrogen and oxygen atoms in total. The van der Waals surface area contributed by atoms with Crippen molar-refractivity contribution in [2.75, 3.05) is 0 Å². The SMILES string of the molecule is O=C1NC(=O)C(c2cnccc2Cl)N1. The standard InChI is InChI=1S/C8H6ClN3O2/c9-5-1-2-10-3-4(5)6-7(13)12-8(14)11-6/h1-3,6H,(H2,11,12,13,14). The minimum atomic E-state index is -0.733. The number of halogens is 1. The van der Waals surface area contributed by atoms with Gasteiger partial charge in [-0.25, -0.2) is 4.79 Å². The Bertz CT molecular complexity index is 407. The van der Waals surface area contributed by atoms with Gasteiger partial charge in [0.1, 0.15) is 6.04 Å². The first-order chi connectivity index (χ1) is 6.68. The molecule has 1 atom stereocenters. The predicted octanol–water partition coefficient (Wildman–Crippen LogP) is 0.615. The van der Waals surface area contributed by atoms with Gasteiger partial charge in [0.2, 0.25) is 0 Å². The summed E-state index contributed by atoms with van der Waals surface area (Å²) in [6.45, 7) is 0. The van der Waals surface area contributed by atoms with Gasteiger partial charge in [0.15, 0.2) is 0 Å². The summed E-state index contributed by atoms with van der Waals surface area (Å²) in [5.41, 5.74) is 0.498. The number of nitrogens with one attached hydrogen (secondary N) is 2. The fraction of sp³-hybridized carbons (Fsp3) is 0.125. The third-order valence-electron chi connectivity index (χ3n) is 1.88. The van der Waals surface area contributed by atoms with Crippen molar-refractivity contribution in [1.82, 2.24) is 15.6 Å². The summed E-state index contributed by atoms with van der Waals surface area (Å²) in [6.07, 6.45) is 2.97. The van der Waals surface area contributed by atoms with Gasteiger partial charge >= 0.3 is 6.03 Å². The molecule has 0 bridgehead atoms. The number of imide groups is 1. The molecule has 1 fully saturated rings. The van der Waals surface area contributed by atoms with Crippen molar-refractivity contribution in [1.29, 1.82) is 0 Å².